The van der Waals surface area contributed by atoms with Crippen LogP contribution >= 0.6 is 0 Å². The molecule has 0 amide bonds. The van der Waals surface area contributed by atoms with Gasteiger partial charge in [0.05, 0.1) is 0 Å². The fourth-order valence-electron chi connectivity index (χ4n) is 2.68. The van der Waals surface area contributed by atoms with Gasteiger partial charge in [0.1, 0.15) is 0 Å². The maximum absolute atomic E-state index is 6.13. The minimum absolute atomic E-state index is 0.203. The first kappa shape index (κ1) is 17.9. The molecule has 2 N–H and O–H groups in total. The fourth-order valence-corrected chi connectivity index (χ4v) is 2.68. The SMILES string of the molecule is CCCC(CC)(CN)N(CCN(C)C)CC(C)C. The molecule has 0 saturated carbocycles. The molecule has 110 valence electrons. The molecule has 0 rings (SSSR count). The van der Waals surface area contributed by atoms with Crippen molar-refractivity contribution in [2.45, 2.75) is 52.5 Å². The molecule has 0 spiro atoms. The van der Waals surface area contributed by atoms with Gasteiger partial charge in [-0.05, 0) is 32.9 Å². The van der Waals surface area contributed by atoms with E-state index in [-0.39, 0.29) is 5.54 Å². The molecular formula is C15H35N3. The monoisotopic (exact) mass is 257 g/mol. The highest BCUT2D eigenvalue weighted by Crippen LogP contribution is 2.25. The van der Waals surface area contributed by atoms with E-state index < -0.39 is 0 Å². The van der Waals surface area contributed by atoms with Crippen molar-refractivity contribution in [3.05, 3.63) is 0 Å². The average Bonchev–Trinajstić information content (AvgIpc) is 2.31. The summed E-state index contributed by atoms with van der Waals surface area (Å²) >= 11 is 0. The highest BCUT2D eigenvalue weighted by molar-refractivity contribution is 4.91. The minimum atomic E-state index is 0.203. The highest BCUT2D eigenvalue weighted by atomic mass is 15.2. The van der Waals surface area contributed by atoms with Crippen molar-refractivity contribution < 1.29 is 0 Å². The zero-order chi connectivity index (χ0) is 14.2. The third kappa shape index (κ3) is 5.68. The lowest BCUT2D eigenvalue weighted by molar-refractivity contribution is 0.0608. The predicted molar refractivity (Wildman–Crippen MR) is 81.9 cm³/mol. The first-order valence-electron chi connectivity index (χ1n) is 7.51. The molecule has 0 radical (unpaired) electrons. The lowest BCUT2D eigenvalue weighted by Crippen LogP contribution is -2.56. The molecule has 3 nitrogen and oxygen atoms in total. The third-order valence-corrected chi connectivity index (χ3v) is 3.83. The standard InChI is InChI=1S/C15H35N3/c1-7-9-15(8-2,13-16)18(12-14(3)4)11-10-17(5)6/h14H,7-13,16H2,1-6H3. The van der Waals surface area contributed by atoms with Gasteiger partial charge in [-0.2, -0.15) is 0 Å². The van der Waals surface area contributed by atoms with E-state index >= 15 is 0 Å². The van der Waals surface area contributed by atoms with Gasteiger partial charge in [-0.1, -0.05) is 34.1 Å². The molecule has 0 saturated heterocycles. The molecular weight excluding hydrogens is 222 g/mol. The molecule has 0 fully saturated rings. The van der Waals surface area contributed by atoms with E-state index in [1.165, 1.54) is 12.8 Å². The van der Waals surface area contributed by atoms with Crippen LogP contribution in [0.4, 0.5) is 0 Å². The topological polar surface area (TPSA) is 32.5 Å². The van der Waals surface area contributed by atoms with Gasteiger partial charge < -0.3 is 10.6 Å². The predicted octanol–water partition coefficient (Wildman–Crippen LogP) is 2.41. The van der Waals surface area contributed by atoms with E-state index in [2.05, 4.69) is 51.6 Å². The first-order valence-corrected chi connectivity index (χ1v) is 7.51. The summed E-state index contributed by atoms with van der Waals surface area (Å²) in [5, 5.41) is 0. The number of nitrogens with two attached hydrogens (primary N) is 1. The Kier molecular flexibility index (Phi) is 8.83. The van der Waals surface area contributed by atoms with Crippen LogP contribution in [0, 0.1) is 5.92 Å². The first-order chi connectivity index (χ1) is 8.41. The summed E-state index contributed by atoms with van der Waals surface area (Å²) in [6.45, 7) is 13.3. The van der Waals surface area contributed by atoms with Crippen molar-refractivity contribution in [3.8, 4) is 0 Å². The Balaban J connectivity index is 4.84. The number of hydrogen-bond donors (Lipinski definition) is 1. The van der Waals surface area contributed by atoms with Crippen LogP contribution in [0.2, 0.25) is 0 Å². The van der Waals surface area contributed by atoms with Gasteiger partial charge in [-0.15, -0.1) is 0 Å². The van der Waals surface area contributed by atoms with Crippen LogP contribution in [-0.2, 0) is 0 Å². The molecule has 0 aliphatic rings. The van der Waals surface area contributed by atoms with Crippen molar-refractivity contribution in [2.24, 2.45) is 11.7 Å². The van der Waals surface area contributed by atoms with E-state index in [4.69, 9.17) is 5.73 Å². The molecule has 0 aromatic heterocycles. The van der Waals surface area contributed by atoms with Crippen LogP contribution in [0.1, 0.15) is 47.0 Å². The second kappa shape index (κ2) is 8.89. The second-order valence-electron chi connectivity index (χ2n) is 6.18. The van der Waals surface area contributed by atoms with Crippen molar-refractivity contribution in [3.63, 3.8) is 0 Å². The van der Waals surface area contributed by atoms with Gasteiger partial charge >= 0.3 is 0 Å². The molecule has 1 unspecified atom stereocenters. The molecule has 0 aliphatic carbocycles. The summed E-state index contributed by atoms with van der Waals surface area (Å²) in [6, 6.07) is 0. The molecule has 3 heteroatoms. The van der Waals surface area contributed by atoms with Crippen LogP contribution < -0.4 is 5.73 Å². The van der Waals surface area contributed by atoms with Crippen molar-refractivity contribution in [2.75, 3.05) is 40.3 Å². The van der Waals surface area contributed by atoms with Crippen LogP contribution in [0.15, 0.2) is 0 Å². The van der Waals surface area contributed by atoms with E-state index in [1.54, 1.807) is 0 Å². The summed E-state index contributed by atoms with van der Waals surface area (Å²) in [5.74, 6) is 0.696. The van der Waals surface area contributed by atoms with Crippen molar-refractivity contribution in [1.29, 1.82) is 0 Å². The lowest BCUT2D eigenvalue weighted by atomic mass is 9.87. The molecule has 1 atom stereocenters. The highest BCUT2D eigenvalue weighted by Gasteiger charge is 2.32. The summed E-state index contributed by atoms with van der Waals surface area (Å²) in [6.07, 6.45) is 3.57. The summed E-state index contributed by atoms with van der Waals surface area (Å²) < 4.78 is 0. The Bertz CT molecular complexity index is 198. The molecule has 0 aromatic rings. The zero-order valence-electron chi connectivity index (χ0n) is 13.5. The third-order valence-electron chi connectivity index (χ3n) is 3.83. The molecule has 0 aromatic carbocycles. The average molecular weight is 257 g/mol. The Morgan fingerprint density at radius 3 is 2.06 bits per heavy atom. The largest absolute Gasteiger partial charge is 0.329 e. The van der Waals surface area contributed by atoms with Crippen molar-refractivity contribution >= 4 is 0 Å². The van der Waals surface area contributed by atoms with Gasteiger partial charge in [-0.25, -0.2) is 0 Å². The normalized spacial score (nSPS) is 15.7. The number of likely N-dealkylation sites (N-methyl/N-ethyl adjacent to an activating group) is 1. The molecule has 0 heterocycles. The van der Waals surface area contributed by atoms with Crippen molar-refractivity contribution in [1.82, 2.24) is 9.80 Å². The van der Waals surface area contributed by atoms with Gasteiger partial charge in [0.15, 0.2) is 0 Å². The molecule has 0 bridgehead atoms. The lowest BCUT2D eigenvalue weighted by Gasteiger charge is -2.44. The number of rotatable bonds is 10. The Hall–Kier alpha value is -0.120. The van der Waals surface area contributed by atoms with Gasteiger partial charge in [0.2, 0.25) is 0 Å². The van der Waals surface area contributed by atoms with Crippen LogP contribution in [-0.4, -0.2) is 55.6 Å². The fraction of sp³-hybridized carbons (Fsp3) is 1.00. The Morgan fingerprint density at radius 2 is 1.72 bits per heavy atom. The summed E-state index contributed by atoms with van der Waals surface area (Å²) in [4.78, 5) is 4.90. The van der Waals surface area contributed by atoms with Crippen LogP contribution in [0.3, 0.4) is 0 Å². The quantitative estimate of drug-likeness (QED) is 0.652. The van der Waals surface area contributed by atoms with Gasteiger partial charge in [0, 0.05) is 31.7 Å². The number of nitrogens with zero attached hydrogens (tertiary/aromatic N) is 2. The van der Waals surface area contributed by atoms with E-state index in [0.717, 1.165) is 32.6 Å². The molecule has 0 aliphatic heterocycles. The summed E-state index contributed by atoms with van der Waals surface area (Å²) in [7, 11) is 4.28. The Morgan fingerprint density at radius 1 is 1.11 bits per heavy atom. The molecule has 18 heavy (non-hydrogen) atoms. The smallest absolute Gasteiger partial charge is 0.0329 e. The number of hydrogen-bond acceptors (Lipinski definition) is 3. The maximum Gasteiger partial charge on any atom is 0.0329 e. The van der Waals surface area contributed by atoms with E-state index in [0.29, 0.717) is 5.92 Å². The summed E-state index contributed by atoms with van der Waals surface area (Å²) in [5.41, 5.74) is 6.34. The van der Waals surface area contributed by atoms with Gasteiger partial charge in [-0.3, -0.25) is 4.90 Å². The minimum Gasteiger partial charge on any atom is -0.329 e. The maximum atomic E-state index is 6.13. The Labute approximate surface area is 115 Å². The van der Waals surface area contributed by atoms with Crippen LogP contribution in [0.5, 0.6) is 0 Å². The van der Waals surface area contributed by atoms with E-state index in [9.17, 15) is 0 Å². The van der Waals surface area contributed by atoms with Gasteiger partial charge in [0.25, 0.3) is 0 Å². The zero-order valence-corrected chi connectivity index (χ0v) is 13.5. The van der Waals surface area contributed by atoms with Crippen LogP contribution in [0.25, 0.3) is 0 Å². The van der Waals surface area contributed by atoms with E-state index in [1.807, 2.05) is 0 Å². The second-order valence-corrected chi connectivity index (χ2v) is 6.18.